The Morgan fingerprint density at radius 1 is 1.35 bits per heavy atom. The summed E-state index contributed by atoms with van der Waals surface area (Å²) in [6.45, 7) is 6.48. The van der Waals surface area contributed by atoms with Crippen molar-refractivity contribution in [3.63, 3.8) is 0 Å². The average Bonchev–Trinajstić information content (AvgIpc) is 2.28. The lowest BCUT2D eigenvalue weighted by Crippen LogP contribution is -2.08. The van der Waals surface area contributed by atoms with E-state index in [-0.39, 0.29) is 5.97 Å². The van der Waals surface area contributed by atoms with Gasteiger partial charge in [0.15, 0.2) is 0 Å². The molecule has 94 valence electrons. The van der Waals surface area contributed by atoms with Crippen LogP contribution in [0.15, 0.2) is 23.1 Å². The number of rotatable bonds is 6. The molecule has 0 saturated carbocycles. The van der Waals surface area contributed by atoms with Crippen molar-refractivity contribution in [1.29, 1.82) is 0 Å². The lowest BCUT2D eigenvalue weighted by molar-refractivity contribution is -0.142. The fourth-order valence-electron chi connectivity index (χ4n) is 1.57. The minimum absolute atomic E-state index is 0.142. The summed E-state index contributed by atoms with van der Waals surface area (Å²) in [4.78, 5) is 12.7. The maximum absolute atomic E-state index is 11.5. The Morgan fingerprint density at radius 3 is 2.76 bits per heavy atom. The molecule has 0 aliphatic heterocycles. The smallest absolute Gasteiger partial charge is 0.310 e. The molecule has 0 spiro atoms. The van der Waals surface area contributed by atoms with Crippen molar-refractivity contribution in [3.05, 3.63) is 29.3 Å². The highest BCUT2D eigenvalue weighted by Crippen LogP contribution is 2.25. The van der Waals surface area contributed by atoms with Crippen molar-refractivity contribution in [2.24, 2.45) is 0 Å². The molecule has 0 unspecified atom stereocenters. The maximum Gasteiger partial charge on any atom is 0.310 e. The summed E-state index contributed by atoms with van der Waals surface area (Å²) in [7, 11) is 0. The van der Waals surface area contributed by atoms with Crippen LogP contribution in [0, 0.1) is 6.92 Å². The summed E-state index contributed by atoms with van der Waals surface area (Å²) in [5.41, 5.74) is 2.27. The fraction of sp³-hybridized carbons (Fsp3) is 0.500. The summed E-state index contributed by atoms with van der Waals surface area (Å²) in [6.07, 6.45) is 1.51. The molecule has 0 saturated heterocycles. The van der Waals surface area contributed by atoms with Gasteiger partial charge in [0.1, 0.15) is 0 Å². The van der Waals surface area contributed by atoms with Crippen molar-refractivity contribution in [3.8, 4) is 0 Å². The Bertz CT molecular complexity index is 374. The Morgan fingerprint density at radius 2 is 2.12 bits per heavy atom. The van der Waals surface area contributed by atoms with E-state index in [1.54, 1.807) is 0 Å². The van der Waals surface area contributed by atoms with Gasteiger partial charge in [0.2, 0.25) is 0 Å². The van der Waals surface area contributed by atoms with Gasteiger partial charge in [-0.2, -0.15) is 0 Å². The lowest BCUT2D eigenvalue weighted by atomic mass is 10.1. The van der Waals surface area contributed by atoms with Crippen molar-refractivity contribution in [1.82, 2.24) is 0 Å². The van der Waals surface area contributed by atoms with Gasteiger partial charge < -0.3 is 4.74 Å². The number of ether oxygens (including phenoxy) is 1. The van der Waals surface area contributed by atoms with Crippen LogP contribution in [-0.2, 0) is 16.0 Å². The summed E-state index contributed by atoms with van der Waals surface area (Å²) in [5.74, 6) is 0.940. The van der Waals surface area contributed by atoms with E-state index < -0.39 is 0 Å². The predicted octanol–water partition coefficient (Wildman–Crippen LogP) is 3.60. The third-order valence-corrected chi connectivity index (χ3v) is 3.64. The number of benzene rings is 1. The number of aryl methyl sites for hydroxylation is 1. The normalized spacial score (nSPS) is 10.3. The first kappa shape index (κ1) is 14.1. The molecule has 2 nitrogen and oxygen atoms in total. The molecule has 0 aliphatic rings. The number of thioether (sulfide) groups is 1. The molecule has 0 aliphatic carbocycles. The van der Waals surface area contributed by atoms with Crippen LogP contribution in [0.2, 0.25) is 0 Å². The molecule has 1 rings (SSSR count). The zero-order chi connectivity index (χ0) is 12.7. The van der Waals surface area contributed by atoms with E-state index in [0.29, 0.717) is 13.0 Å². The van der Waals surface area contributed by atoms with E-state index in [0.717, 1.165) is 17.7 Å². The topological polar surface area (TPSA) is 26.3 Å². The van der Waals surface area contributed by atoms with Gasteiger partial charge >= 0.3 is 5.97 Å². The van der Waals surface area contributed by atoms with E-state index in [2.05, 4.69) is 25.1 Å². The molecule has 0 atom stereocenters. The van der Waals surface area contributed by atoms with Crippen LogP contribution < -0.4 is 0 Å². The summed E-state index contributed by atoms with van der Waals surface area (Å²) < 4.78 is 5.00. The number of esters is 1. The molecule has 0 N–H and O–H groups in total. The third kappa shape index (κ3) is 4.82. The highest BCUT2D eigenvalue weighted by Gasteiger charge is 2.09. The van der Waals surface area contributed by atoms with Crippen LogP contribution in [0.25, 0.3) is 0 Å². The minimum atomic E-state index is -0.142. The monoisotopic (exact) mass is 252 g/mol. The molecule has 0 radical (unpaired) electrons. The van der Waals surface area contributed by atoms with E-state index in [1.807, 2.05) is 25.6 Å². The first-order valence-corrected chi connectivity index (χ1v) is 7.03. The van der Waals surface area contributed by atoms with Crippen LogP contribution >= 0.6 is 11.8 Å². The largest absolute Gasteiger partial charge is 0.466 e. The van der Waals surface area contributed by atoms with Crippen LogP contribution in [0.4, 0.5) is 0 Å². The molecule has 0 amide bonds. The van der Waals surface area contributed by atoms with Gasteiger partial charge in [-0.15, -0.1) is 11.8 Å². The van der Waals surface area contributed by atoms with Crippen molar-refractivity contribution >= 4 is 17.7 Å². The van der Waals surface area contributed by atoms with Crippen molar-refractivity contribution < 1.29 is 9.53 Å². The highest BCUT2D eigenvalue weighted by atomic mass is 32.2. The van der Waals surface area contributed by atoms with Gasteiger partial charge in [0.25, 0.3) is 0 Å². The van der Waals surface area contributed by atoms with E-state index >= 15 is 0 Å². The first-order chi connectivity index (χ1) is 8.17. The van der Waals surface area contributed by atoms with Crippen LogP contribution in [0.3, 0.4) is 0 Å². The van der Waals surface area contributed by atoms with Gasteiger partial charge in [-0.25, -0.2) is 0 Å². The second kappa shape index (κ2) is 7.38. The number of carbonyl (C=O) groups is 1. The standard InChI is InChI=1S/C14H20O2S/c1-4-8-17-13-7-6-11(3)9-12(13)10-14(15)16-5-2/h6-7,9H,4-5,8,10H2,1-3H3. The summed E-state index contributed by atoms with van der Waals surface area (Å²) in [6, 6.07) is 6.27. The van der Waals surface area contributed by atoms with Gasteiger partial charge in [0, 0.05) is 4.90 Å². The molecule has 1 aromatic carbocycles. The lowest BCUT2D eigenvalue weighted by Gasteiger charge is -2.09. The molecule has 0 heterocycles. The van der Waals surface area contributed by atoms with Gasteiger partial charge in [-0.1, -0.05) is 24.6 Å². The molecule has 0 aromatic heterocycles. The molecule has 17 heavy (non-hydrogen) atoms. The Hall–Kier alpha value is -0.960. The van der Waals surface area contributed by atoms with Crippen molar-refractivity contribution in [2.45, 2.75) is 38.5 Å². The third-order valence-electron chi connectivity index (χ3n) is 2.32. The Labute approximate surface area is 108 Å². The molecular formula is C14H20O2S. The number of hydrogen-bond donors (Lipinski definition) is 0. The SMILES string of the molecule is CCCSc1ccc(C)cc1CC(=O)OCC. The molecule has 1 aromatic rings. The Kier molecular flexibility index (Phi) is 6.12. The summed E-state index contributed by atoms with van der Waals surface area (Å²) in [5, 5.41) is 0. The highest BCUT2D eigenvalue weighted by molar-refractivity contribution is 7.99. The Balaban J connectivity index is 2.79. The fourth-order valence-corrected chi connectivity index (χ4v) is 2.47. The quantitative estimate of drug-likeness (QED) is 0.571. The van der Waals surface area contributed by atoms with Gasteiger partial charge in [-0.3, -0.25) is 4.79 Å². The first-order valence-electron chi connectivity index (χ1n) is 6.05. The predicted molar refractivity (Wildman–Crippen MR) is 72.5 cm³/mol. The van der Waals surface area contributed by atoms with Crippen molar-refractivity contribution in [2.75, 3.05) is 12.4 Å². The second-order valence-electron chi connectivity index (χ2n) is 3.94. The molecular weight excluding hydrogens is 232 g/mol. The second-order valence-corrected chi connectivity index (χ2v) is 5.08. The molecule has 0 fully saturated rings. The van der Waals surface area contributed by atoms with E-state index in [1.165, 1.54) is 10.5 Å². The number of hydrogen-bond acceptors (Lipinski definition) is 3. The van der Waals surface area contributed by atoms with Gasteiger partial charge in [-0.05, 0) is 37.7 Å². The number of carbonyl (C=O) groups excluding carboxylic acids is 1. The average molecular weight is 252 g/mol. The van der Waals surface area contributed by atoms with Crippen LogP contribution in [0.5, 0.6) is 0 Å². The minimum Gasteiger partial charge on any atom is -0.466 e. The molecule has 3 heteroatoms. The molecule has 0 bridgehead atoms. The van der Waals surface area contributed by atoms with E-state index in [4.69, 9.17) is 4.74 Å². The zero-order valence-corrected chi connectivity index (χ0v) is 11.6. The van der Waals surface area contributed by atoms with Crippen LogP contribution in [0.1, 0.15) is 31.4 Å². The van der Waals surface area contributed by atoms with E-state index in [9.17, 15) is 4.79 Å². The summed E-state index contributed by atoms with van der Waals surface area (Å²) >= 11 is 1.81. The zero-order valence-electron chi connectivity index (χ0n) is 10.8. The van der Waals surface area contributed by atoms with Gasteiger partial charge in [0.05, 0.1) is 13.0 Å². The van der Waals surface area contributed by atoms with Crippen LogP contribution in [-0.4, -0.2) is 18.3 Å². The maximum atomic E-state index is 11.5.